The number of hydrogen-bond acceptors (Lipinski definition) is 3. The van der Waals surface area contributed by atoms with E-state index in [1.54, 1.807) is 0 Å². The van der Waals surface area contributed by atoms with Crippen LogP contribution in [-0.4, -0.2) is 67.5 Å². The standard InChI is InChI=1S/2C8H20N.CH2O3.Mo.3O/c2*1-5-9(6-2,7-3)8-4;2-1(3)4;;;;/h2*5-8H2,1-4H3;(H2,2,3,4);;;;/q2*+1;;;3*-2/p-2. The minimum absolute atomic E-state index is 0. The zero-order valence-electron chi connectivity index (χ0n) is 17.9. The molecule has 0 atom stereocenters. The number of carboxylic acid groups (broad SMARTS) is 2. The second-order valence-corrected chi connectivity index (χ2v) is 5.46. The Balaban J connectivity index is -0.0000000409. The van der Waals surface area contributed by atoms with Crippen LogP contribution in [0.2, 0.25) is 0 Å². The van der Waals surface area contributed by atoms with Crippen molar-refractivity contribution in [1.29, 1.82) is 0 Å². The van der Waals surface area contributed by atoms with Gasteiger partial charge in [-0.15, -0.1) is 0 Å². The molecule has 0 rings (SSSR count). The number of rotatable bonds is 8. The third kappa shape index (κ3) is 21.8. The molecule has 166 valence electrons. The molecule has 0 aromatic rings. The molecule has 0 aliphatic rings. The Morgan fingerprint density at radius 1 is 0.538 bits per heavy atom. The van der Waals surface area contributed by atoms with Crippen molar-refractivity contribution in [1.82, 2.24) is 0 Å². The monoisotopic (exact) mass is 466 g/mol. The van der Waals surface area contributed by atoms with Crippen molar-refractivity contribution in [3.05, 3.63) is 0 Å². The third-order valence-electron chi connectivity index (χ3n) is 5.37. The number of carbonyl (C=O) groups excluding carboxylic acids is 1. The van der Waals surface area contributed by atoms with E-state index in [1.165, 1.54) is 61.3 Å². The van der Waals surface area contributed by atoms with Crippen LogP contribution in [-0.2, 0) is 37.5 Å². The quantitative estimate of drug-likeness (QED) is 0.389. The second-order valence-electron chi connectivity index (χ2n) is 5.46. The molecular weight excluding hydrogens is 424 g/mol. The molecule has 0 aliphatic heterocycles. The molecule has 0 radical (unpaired) electrons. The van der Waals surface area contributed by atoms with Gasteiger partial charge >= 0.3 is 0 Å². The summed E-state index contributed by atoms with van der Waals surface area (Å²) in [6.45, 7) is 28.4. The molecule has 0 bridgehead atoms. The van der Waals surface area contributed by atoms with Gasteiger partial charge in [0.25, 0.3) is 0 Å². The average Bonchev–Trinajstić information content (AvgIpc) is 2.53. The number of quaternary nitrogens is 2. The van der Waals surface area contributed by atoms with Gasteiger partial charge in [-0.25, -0.2) is 0 Å². The summed E-state index contributed by atoms with van der Waals surface area (Å²) in [5, 5.41) is 16.7. The molecule has 26 heavy (non-hydrogen) atoms. The summed E-state index contributed by atoms with van der Waals surface area (Å²) < 4.78 is 2.56. The predicted molar refractivity (Wildman–Crippen MR) is 92.3 cm³/mol. The Morgan fingerprint density at radius 2 is 0.615 bits per heavy atom. The fourth-order valence-corrected chi connectivity index (χ4v) is 2.68. The first-order valence-electron chi connectivity index (χ1n) is 8.80. The second kappa shape index (κ2) is 27.0. The van der Waals surface area contributed by atoms with Gasteiger partial charge < -0.3 is 40.4 Å². The van der Waals surface area contributed by atoms with E-state index in [1.807, 2.05) is 0 Å². The zero-order valence-corrected chi connectivity index (χ0v) is 19.9. The van der Waals surface area contributed by atoms with Gasteiger partial charge in [0.15, 0.2) is 0 Å². The van der Waals surface area contributed by atoms with Crippen LogP contribution < -0.4 is 10.2 Å². The summed E-state index contributed by atoms with van der Waals surface area (Å²) in [6.07, 6.45) is -2.33. The molecule has 0 aromatic carbocycles. The Hall–Kier alpha value is -0.242. The first kappa shape index (κ1) is 44.9. The van der Waals surface area contributed by atoms with E-state index < -0.39 is 6.16 Å². The first-order valence-corrected chi connectivity index (χ1v) is 8.80. The first-order chi connectivity index (χ1) is 10.2. The largest absolute Gasteiger partial charge is 2.00 e. The topological polar surface area (TPSA) is 149 Å². The van der Waals surface area contributed by atoms with E-state index in [2.05, 4.69) is 55.4 Å². The van der Waals surface area contributed by atoms with Crippen molar-refractivity contribution >= 4 is 6.16 Å². The maximum absolute atomic E-state index is 8.33. The van der Waals surface area contributed by atoms with E-state index in [9.17, 15) is 0 Å². The van der Waals surface area contributed by atoms with Crippen LogP contribution in [0.5, 0.6) is 0 Å². The van der Waals surface area contributed by atoms with E-state index in [0.29, 0.717) is 0 Å². The maximum atomic E-state index is 8.33. The van der Waals surface area contributed by atoms with Crippen LogP contribution in [0.1, 0.15) is 55.4 Å². The Bertz CT molecular complexity index is 205. The predicted octanol–water partition coefficient (Wildman–Crippen LogP) is 0.960. The van der Waals surface area contributed by atoms with E-state index in [0.717, 1.165) is 0 Å². The zero-order chi connectivity index (χ0) is 18.2. The van der Waals surface area contributed by atoms with Gasteiger partial charge in [0, 0.05) is 21.1 Å². The molecule has 0 heterocycles. The molecule has 0 aromatic heterocycles. The molecule has 0 N–H and O–H groups in total. The summed E-state index contributed by atoms with van der Waals surface area (Å²) in [5.41, 5.74) is 0. The van der Waals surface area contributed by atoms with Crippen LogP contribution in [0.3, 0.4) is 0 Å². The van der Waals surface area contributed by atoms with Gasteiger partial charge in [0.05, 0.1) is 52.4 Å². The van der Waals surface area contributed by atoms with Crippen LogP contribution in [0, 0.1) is 0 Å². The molecule has 0 aliphatic carbocycles. The van der Waals surface area contributed by atoms with E-state index >= 15 is 0 Å². The summed E-state index contributed by atoms with van der Waals surface area (Å²) in [7, 11) is 0. The molecule has 0 spiro atoms. The summed E-state index contributed by atoms with van der Waals surface area (Å²) in [5.74, 6) is 0. The summed E-state index contributed by atoms with van der Waals surface area (Å²) in [4.78, 5) is 8.33. The smallest absolute Gasteiger partial charge is 0.0757 e. The van der Waals surface area contributed by atoms with Gasteiger partial charge in [-0.1, -0.05) is 0 Å². The molecule has 0 saturated heterocycles. The SMILES string of the molecule is CC[N+](CC)(CC)CC.CC[N+](CC)(CC)CC.O=C([O-])[O-].[Mo].[O-2].[O-2].[O-2]. The van der Waals surface area contributed by atoms with E-state index in [-0.39, 0.29) is 37.5 Å². The summed E-state index contributed by atoms with van der Waals surface area (Å²) in [6, 6.07) is 0. The number of nitrogens with zero attached hydrogens (tertiary/aromatic N) is 2. The van der Waals surface area contributed by atoms with Gasteiger partial charge in [-0.05, 0) is 61.5 Å². The molecule has 0 unspecified atom stereocenters. The van der Waals surface area contributed by atoms with E-state index in [4.69, 9.17) is 15.0 Å². The molecule has 0 amide bonds. The van der Waals surface area contributed by atoms with Crippen LogP contribution in [0.25, 0.3) is 0 Å². The fraction of sp³-hybridized carbons (Fsp3) is 0.941. The van der Waals surface area contributed by atoms with Gasteiger partial charge in [-0.2, -0.15) is 0 Å². The molecule has 0 fully saturated rings. The maximum Gasteiger partial charge on any atom is 0.0757 e. The molecule has 9 heteroatoms. The van der Waals surface area contributed by atoms with Crippen LogP contribution in [0.4, 0.5) is 4.79 Å². The number of carbonyl (C=O) groups is 1. The van der Waals surface area contributed by atoms with Crippen molar-refractivity contribution in [2.45, 2.75) is 55.4 Å². The minimum atomic E-state index is -2.33. The Kier molecular flexibility index (Phi) is 46.6. The molecule has 8 nitrogen and oxygen atoms in total. The minimum Gasteiger partial charge on any atom is -2.00 e. The van der Waals surface area contributed by atoms with Crippen molar-refractivity contribution < 1.29 is 61.5 Å². The normalized spacial score (nSPS) is 9.23. The third-order valence-corrected chi connectivity index (χ3v) is 5.37. The van der Waals surface area contributed by atoms with Crippen molar-refractivity contribution in [2.24, 2.45) is 0 Å². The van der Waals surface area contributed by atoms with Gasteiger partial charge in [0.1, 0.15) is 0 Å². The number of hydrogen-bond donors (Lipinski definition) is 0. The van der Waals surface area contributed by atoms with Gasteiger partial charge in [-0.3, -0.25) is 0 Å². The van der Waals surface area contributed by atoms with Crippen molar-refractivity contribution in [3.8, 4) is 0 Å². The Labute approximate surface area is 175 Å². The fourth-order valence-electron chi connectivity index (χ4n) is 2.68. The van der Waals surface area contributed by atoms with Crippen LogP contribution in [0.15, 0.2) is 0 Å². The van der Waals surface area contributed by atoms with Crippen molar-refractivity contribution in [3.63, 3.8) is 0 Å². The Morgan fingerprint density at radius 3 is 0.615 bits per heavy atom. The summed E-state index contributed by atoms with van der Waals surface area (Å²) >= 11 is 0. The molecule has 0 saturated carbocycles. The molecular formula is C17H40MoN2O6-6. The van der Waals surface area contributed by atoms with Gasteiger partial charge in [0.2, 0.25) is 0 Å². The average molecular weight is 464 g/mol. The van der Waals surface area contributed by atoms with Crippen molar-refractivity contribution in [2.75, 3.05) is 52.4 Å². The van der Waals surface area contributed by atoms with Crippen LogP contribution >= 0.6 is 0 Å².